The summed E-state index contributed by atoms with van der Waals surface area (Å²) in [5, 5.41) is 4.36. The van der Waals surface area contributed by atoms with E-state index in [4.69, 9.17) is 10.6 Å². The van der Waals surface area contributed by atoms with Crippen molar-refractivity contribution in [3.05, 3.63) is 47.0 Å². The number of hydrogen-bond acceptors (Lipinski definition) is 4. The SMILES string of the molecule is CCc1cc(C(NN)c2ccc(OC)cc2F)n(C)n1. The van der Waals surface area contributed by atoms with Gasteiger partial charge in [0.15, 0.2) is 0 Å². The number of ether oxygens (including phenoxy) is 1. The van der Waals surface area contributed by atoms with Gasteiger partial charge in [0, 0.05) is 18.7 Å². The third-order valence-corrected chi connectivity index (χ3v) is 3.31. The summed E-state index contributed by atoms with van der Waals surface area (Å²) < 4.78 is 20.9. The predicted molar refractivity (Wildman–Crippen MR) is 74.7 cm³/mol. The average Bonchev–Trinajstić information content (AvgIpc) is 2.82. The summed E-state index contributed by atoms with van der Waals surface area (Å²) in [5.41, 5.74) is 4.86. The molecule has 1 aromatic heterocycles. The molecule has 2 rings (SSSR count). The Morgan fingerprint density at radius 3 is 2.70 bits per heavy atom. The van der Waals surface area contributed by atoms with Crippen molar-refractivity contribution in [3.8, 4) is 5.75 Å². The van der Waals surface area contributed by atoms with Crippen LogP contribution in [0.15, 0.2) is 24.3 Å². The van der Waals surface area contributed by atoms with E-state index in [-0.39, 0.29) is 5.82 Å². The number of nitrogens with one attached hydrogen (secondary N) is 1. The summed E-state index contributed by atoms with van der Waals surface area (Å²) in [6, 6.07) is 6.18. The first-order chi connectivity index (χ1) is 9.60. The number of aromatic nitrogens is 2. The van der Waals surface area contributed by atoms with Crippen molar-refractivity contribution in [2.75, 3.05) is 7.11 Å². The van der Waals surface area contributed by atoms with E-state index in [0.717, 1.165) is 17.8 Å². The van der Waals surface area contributed by atoms with Crippen LogP contribution in [0.2, 0.25) is 0 Å². The second kappa shape index (κ2) is 6.02. The fourth-order valence-electron chi connectivity index (χ4n) is 2.19. The van der Waals surface area contributed by atoms with Crippen molar-refractivity contribution in [3.63, 3.8) is 0 Å². The average molecular weight is 278 g/mol. The highest BCUT2D eigenvalue weighted by atomic mass is 19.1. The molecule has 1 unspecified atom stereocenters. The van der Waals surface area contributed by atoms with Gasteiger partial charge in [-0.05, 0) is 18.6 Å². The second-order valence-corrected chi connectivity index (χ2v) is 4.52. The fourth-order valence-corrected chi connectivity index (χ4v) is 2.19. The summed E-state index contributed by atoms with van der Waals surface area (Å²) >= 11 is 0. The molecule has 0 aliphatic heterocycles. The van der Waals surface area contributed by atoms with Gasteiger partial charge in [0.25, 0.3) is 0 Å². The number of halogens is 1. The lowest BCUT2D eigenvalue weighted by molar-refractivity contribution is 0.409. The van der Waals surface area contributed by atoms with Gasteiger partial charge in [-0.1, -0.05) is 13.0 Å². The van der Waals surface area contributed by atoms with Crippen LogP contribution >= 0.6 is 0 Å². The Morgan fingerprint density at radius 2 is 2.20 bits per heavy atom. The molecule has 0 saturated heterocycles. The monoisotopic (exact) mass is 278 g/mol. The van der Waals surface area contributed by atoms with Crippen LogP contribution in [0.25, 0.3) is 0 Å². The van der Waals surface area contributed by atoms with Gasteiger partial charge in [0.2, 0.25) is 0 Å². The van der Waals surface area contributed by atoms with Gasteiger partial charge in [0.1, 0.15) is 11.6 Å². The van der Waals surface area contributed by atoms with Crippen molar-refractivity contribution in [1.29, 1.82) is 0 Å². The number of hydrazine groups is 1. The highest BCUT2D eigenvalue weighted by Crippen LogP contribution is 2.26. The normalized spacial score (nSPS) is 12.4. The van der Waals surface area contributed by atoms with E-state index in [9.17, 15) is 4.39 Å². The molecule has 1 atom stereocenters. The van der Waals surface area contributed by atoms with Crippen molar-refractivity contribution in [2.24, 2.45) is 12.9 Å². The summed E-state index contributed by atoms with van der Waals surface area (Å²) in [4.78, 5) is 0. The van der Waals surface area contributed by atoms with Gasteiger partial charge in [-0.3, -0.25) is 10.5 Å². The minimum absolute atomic E-state index is 0.369. The Balaban J connectivity index is 2.43. The molecule has 3 N–H and O–H groups in total. The molecule has 1 heterocycles. The van der Waals surface area contributed by atoms with Crippen LogP contribution in [-0.2, 0) is 13.5 Å². The van der Waals surface area contributed by atoms with Crippen LogP contribution in [0.3, 0.4) is 0 Å². The molecular formula is C14H19FN4O. The van der Waals surface area contributed by atoms with Crippen LogP contribution < -0.4 is 16.0 Å². The van der Waals surface area contributed by atoms with E-state index in [2.05, 4.69) is 10.5 Å². The number of benzene rings is 1. The van der Waals surface area contributed by atoms with Gasteiger partial charge >= 0.3 is 0 Å². The quantitative estimate of drug-likeness (QED) is 0.645. The minimum Gasteiger partial charge on any atom is -0.497 e. The van der Waals surface area contributed by atoms with Crippen molar-refractivity contribution < 1.29 is 9.13 Å². The second-order valence-electron chi connectivity index (χ2n) is 4.52. The lowest BCUT2D eigenvalue weighted by Crippen LogP contribution is -2.31. The highest BCUT2D eigenvalue weighted by Gasteiger charge is 2.21. The minimum atomic E-state index is -0.460. The summed E-state index contributed by atoms with van der Waals surface area (Å²) in [6.07, 6.45) is 0.816. The van der Waals surface area contributed by atoms with Gasteiger partial charge in [0.05, 0.1) is 24.5 Å². The molecule has 0 spiro atoms. The zero-order chi connectivity index (χ0) is 14.7. The Kier molecular flexibility index (Phi) is 4.36. The van der Waals surface area contributed by atoms with Crippen LogP contribution in [0, 0.1) is 5.82 Å². The van der Waals surface area contributed by atoms with E-state index >= 15 is 0 Å². The number of rotatable bonds is 5. The standard InChI is InChI=1S/C14H19FN4O/c1-4-9-7-13(19(2)18-9)14(17-16)11-6-5-10(20-3)8-12(11)15/h5-8,14,17H,4,16H2,1-3H3. The van der Waals surface area contributed by atoms with E-state index in [1.165, 1.54) is 13.2 Å². The molecule has 0 aliphatic rings. The number of methoxy groups -OCH3 is 1. The van der Waals surface area contributed by atoms with Crippen molar-refractivity contribution >= 4 is 0 Å². The number of nitrogens with zero attached hydrogens (tertiary/aromatic N) is 2. The summed E-state index contributed by atoms with van der Waals surface area (Å²) in [6.45, 7) is 2.02. The van der Waals surface area contributed by atoms with E-state index in [0.29, 0.717) is 11.3 Å². The molecule has 2 aromatic rings. The lowest BCUT2D eigenvalue weighted by atomic mass is 10.0. The Labute approximate surface area is 117 Å². The molecule has 20 heavy (non-hydrogen) atoms. The molecular weight excluding hydrogens is 259 g/mol. The first-order valence-electron chi connectivity index (χ1n) is 6.43. The van der Waals surface area contributed by atoms with Crippen molar-refractivity contribution in [1.82, 2.24) is 15.2 Å². The van der Waals surface area contributed by atoms with Gasteiger partial charge in [-0.2, -0.15) is 5.10 Å². The Hall–Kier alpha value is -1.92. The maximum Gasteiger partial charge on any atom is 0.132 e. The molecule has 108 valence electrons. The molecule has 0 saturated carbocycles. The number of nitrogens with two attached hydrogens (primary N) is 1. The van der Waals surface area contributed by atoms with Crippen LogP contribution in [0.1, 0.15) is 29.9 Å². The molecule has 0 bridgehead atoms. The molecule has 0 fully saturated rings. The number of hydrogen-bond donors (Lipinski definition) is 2. The summed E-state index contributed by atoms with van der Waals surface area (Å²) in [5.74, 6) is 5.71. The zero-order valence-corrected chi connectivity index (χ0v) is 11.9. The van der Waals surface area contributed by atoms with Gasteiger partial charge < -0.3 is 4.74 Å². The molecule has 1 aromatic carbocycles. The van der Waals surface area contributed by atoms with Crippen LogP contribution in [0.5, 0.6) is 5.75 Å². The molecule has 0 radical (unpaired) electrons. The number of aryl methyl sites for hydroxylation is 2. The van der Waals surface area contributed by atoms with E-state index in [1.54, 1.807) is 16.8 Å². The molecule has 0 amide bonds. The third-order valence-electron chi connectivity index (χ3n) is 3.31. The zero-order valence-electron chi connectivity index (χ0n) is 11.9. The molecule has 6 heteroatoms. The first-order valence-corrected chi connectivity index (χ1v) is 6.43. The van der Waals surface area contributed by atoms with Crippen molar-refractivity contribution in [2.45, 2.75) is 19.4 Å². The van der Waals surface area contributed by atoms with E-state index in [1.807, 2.05) is 20.0 Å². The Bertz CT molecular complexity index is 597. The Morgan fingerprint density at radius 1 is 1.45 bits per heavy atom. The largest absolute Gasteiger partial charge is 0.497 e. The molecule has 0 aliphatic carbocycles. The lowest BCUT2D eigenvalue weighted by Gasteiger charge is -2.17. The van der Waals surface area contributed by atoms with Crippen LogP contribution in [-0.4, -0.2) is 16.9 Å². The third kappa shape index (κ3) is 2.66. The topological polar surface area (TPSA) is 65.1 Å². The maximum absolute atomic E-state index is 14.2. The van der Waals surface area contributed by atoms with Gasteiger partial charge in [-0.15, -0.1) is 0 Å². The van der Waals surface area contributed by atoms with Gasteiger partial charge in [-0.25, -0.2) is 9.82 Å². The predicted octanol–water partition coefficient (Wildman–Crippen LogP) is 1.68. The van der Waals surface area contributed by atoms with Crippen LogP contribution in [0.4, 0.5) is 4.39 Å². The first kappa shape index (κ1) is 14.5. The molecule has 5 nitrogen and oxygen atoms in total. The summed E-state index contributed by atoms with van der Waals surface area (Å²) in [7, 11) is 3.32. The highest BCUT2D eigenvalue weighted by molar-refractivity contribution is 5.35. The van der Waals surface area contributed by atoms with E-state index < -0.39 is 6.04 Å². The fraction of sp³-hybridized carbons (Fsp3) is 0.357. The smallest absolute Gasteiger partial charge is 0.132 e. The maximum atomic E-state index is 14.2.